The molecule has 11 heteroatoms. The summed E-state index contributed by atoms with van der Waals surface area (Å²) in [6.07, 6.45) is -2.50. The van der Waals surface area contributed by atoms with Crippen molar-refractivity contribution in [2.45, 2.75) is 88.3 Å². The number of hydrogen-bond acceptors (Lipinski definition) is 11. The van der Waals surface area contributed by atoms with Gasteiger partial charge >= 0.3 is 0 Å². The number of nitrogens with zero attached hydrogens (tertiary/aromatic N) is 1. The van der Waals surface area contributed by atoms with Gasteiger partial charge in [-0.05, 0) is 45.4 Å². The normalized spacial score (nSPS) is 44.7. The summed E-state index contributed by atoms with van der Waals surface area (Å²) in [5.74, 6) is -3.01. The monoisotopic (exact) mass is 563 g/mol. The van der Waals surface area contributed by atoms with Crippen molar-refractivity contribution in [1.29, 1.82) is 0 Å². The van der Waals surface area contributed by atoms with Crippen LogP contribution in [0.5, 0.6) is 5.75 Å². The Hall–Kier alpha value is -1.83. The second-order valence-electron chi connectivity index (χ2n) is 11.9. The zero-order chi connectivity index (χ0) is 28.4. The van der Waals surface area contributed by atoms with Gasteiger partial charge in [-0.1, -0.05) is 17.3 Å². The van der Waals surface area contributed by atoms with Gasteiger partial charge in [-0.3, -0.25) is 0 Å². The van der Waals surface area contributed by atoms with Crippen LogP contribution in [0.2, 0.25) is 0 Å². The molecule has 222 valence electrons. The van der Waals surface area contributed by atoms with E-state index in [1.807, 2.05) is 52.0 Å². The molecular weight excluding hydrogens is 522 g/mol. The third-order valence-corrected chi connectivity index (χ3v) is 9.35. The zero-order valence-corrected chi connectivity index (χ0v) is 24.4. The zero-order valence-electron chi connectivity index (χ0n) is 24.4. The Labute approximate surface area is 235 Å². The lowest BCUT2D eigenvalue weighted by Crippen LogP contribution is -2.75. The summed E-state index contributed by atoms with van der Waals surface area (Å²) in [4.78, 5) is 6.17. The maximum Gasteiger partial charge on any atom is 0.220 e. The van der Waals surface area contributed by atoms with Crippen LogP contribution in [-0.4, -0.2) is 94.7 Å². The molecule has 11 nitrogen and oxygen atoms in total. The van der Waals surface area contributed by atoms with Crippen LogP contribution >= 0.6 is 0 Å². The van der Waals surface area contributed by atoms with E-state index in [9.17, 15) is 0 Å². The first-order valence-electron chi connectivity index (χ1n) is 13.9. The lowest BCUT2D eigenvalue weighted by atomic mass is 9.60. The highest BCUT2D eigenvalue weighted by Crippen LogP contribution is 2.56. The molecule has 6 rings (SSSR count). The molecule has 1 aromatic rings. The van der Waals surface area contributed by atoms with Crippen LogP contribution in [0.4, 0.5) is 0 Å². The van der Waals surface area contributed by atoms with Gasteiger partial charge in [-0.15, -0.1) is 0 Å². The average Bonchev–Trinajstić information content (AvgIpc) is 3.52. The molecule has 2 aliphatic carbocycles. The Morgan fingerprint density at radius 1 is 0.800 bits per heavy atom. The maximum absolute atomic E-state index is 6.89. The van der Waals surface area contributed by atoms with E-state index in [1.165, 1.54) is 0 Å². The Bertz CT molecular complexity index is 1110. The van der Waals surface area contributed by atoms with E-state index >= 15 is 0 Å². The Morgan fingerprint density at radius 2 is 1.48 bits per heavy atom. The molecule has 0 amide bonds. The Morgan fingerprint density at radius 3 is 2.10 bits per heavy atom. The summed E-state index contributed by atoms with van der Waals surface area (Å²) < 4.78 is 56.1. The largest absolute Gasteiger partial charge is 0.497 e. The van der Waals surface area contributed by atoms with E-state index in [2.05, 4.69) is 5.16 Å². The third kappa shape index (κ3) is 4.29. The molecule has 0 aromatic heterocycles. The van der Waals surface area contributed by atoms with Crippen molar-refractivity contribution < 1.29 is 47.5 Å². The summed E-state index contributed by atoms with van der Waals surface area (Å²) in [6, 6.07) is 7.83. The molecule has 0 unspecified atom stereocenters. The molecule has 5 aliphatic rings. The first kappa shape index (κ1) is 28.3. The van der Waals surface area contributed by atoms with Crippen LogP contribution in [-0.2, 0) is 49.3 Å². The van der Waals surface area contributed by atoms with Gasteiger partial charge in [0.25, 0.3) is 0 Å². The lowest BCUT2D eigenvalue weighted by Gasteiger charge is -2.60. The summed E-state index contributed by atoms with van der Waals surface area (Å²) in [5.41, 5.74) is 1.82. The van der Waals surface area contributed by atoms with Gasteiger partial charge in [0.1, 0.15) is 24.1 Å². The van der Waals surface area contributed by atoms with Gasteiger partial charge in [0, 0.05) is 27.2 Å². The number of ether oxygens (including phenoxy) is 9. The van der Waals surface area contributed by atoms with E-state index in [1.54, 1.807) is 28.4 Å². The second kappa shape index (κ2) is 10.2. The summed E-state index contributed by atoms with van der Waals surface area (Å²) >= 11 is 0. The minimum absolute atomic E-state index is 0.155. The standard InChI is InChI=1S/C29H41NO10/c1-27(2)36-25-20-18-19(23(26(25)37-27)35-13-15-9-11-16(32-6)12-10-15)24-22(17(14-31-5)21(18)40-30-20)38-28(3,33-7)29(4,34-8)39-24/h9-12,17-19,21-26H,13-14H2,1-8H3/t17-,18-,19+,21-,22-,23-,24-,25+,26-,28+,29+/m1/s1. The summed E-state index contributed by atoms with van der Waals surface area (Å²) in [6.45, 7) is 8.23. The molecule has 11 atom stereocenters. The van der Waals surface area contributed by atoms with Crippen LogP contribution < -0.4 is 4.74 Å². The van der Waals surface area contributed by atoms with Crippen molar-refractivity contribution >= 4 is 5.71 Å². The Kier molecular flexibility index (Phi) is 7.19. The van der Waals surface area contributed by atoms with E-state index in [0.29, 0.717) is 13.2 Å². The number of benzene rings is 1. The maximum atomic E-state index is 6.89. The number of fused-ring (bicyclic) bond motifs is 4. The highest BCUT2D eigenvalue weighted by atomic mass is 16.8. The fraction of sp³-hybridized carbons (Fsp3) is 0.759. The lowest BCUT2D eigenvalue weighted by molar-refractivity contribution is -0.468. The predicted molar refractivity (Wildman–Crippen MR) is 141 cm³/mol. The van der Waals surface area contributed by atoms with E-state index < -0.39 is 47.9 Å². The van der Waals surface area contributed by atoms with Crippen LogP contribution in [0.25, 0.3) is 0 Å². The Balaban J connectivity index is 1.41. The van der Waals surface area contributed by atoms with E-state index in [0.717, 1.165) is 17.0 Å². The molecule has 3 aliphatic heterocycles. The molecule has 40 heavy (non-hydrogen) atoms. The van der Waals surface area contributed by atoms with E-state index in [-0.39, 0.29) is 23.9 Å². The van der Waals surface area contributed by atoms with Crippen molar-refractivity contribution in [2.75, 3.05) is 35.0 Å². The molecule has 0 radical (unpaired) electrons. The molecule has 0 spiro atoms. The molecule has 0 bridgehead atoms. The van der Waals surface area contributed by atoms with Crippen molar-refractivity contribution in [3.8, 4) is 5.75 Å². The van der Waals surface area contributed by atoms with Gasteiger partial charge in [0.05, 0.1) is 56.2 Å². The first-order chi connectivity index (χ1) is 19.1. The van der Waals surface area contributed by atoms with Crippen LogP contribution in [0, 0.1) is 17.8 Å². The van der Waals surface area contributed by atoms with Gasteiger partial charge in [-0.25, -0.2) is 0 Å². The SMILES string of the molecule is COC[C@H]1[C@H]2O[C@](C)(OC)[C@@](C)(OC)O[C@@H]2[C@@H]2[C@@H](OCc3ccc(OC)cc3)[C@H]3OC(C)(C)O[C@H]3C3=NO[C@H]1[C@@H]32. The minimum Gasteiger partial charge on any atom is -0.497 e. The average molecular weight is 564 g/mol. The molecule has 3 heterocycles. The third-order valence-electron chi connectivity index (χ3n) is 9.35. The van der Waals surface area contributed by atoms with Crippen molar-refractivity contribution in [2.24, 2.45) is 22.9 Å². The summed E-state index contributed by atoms with van der Waals surface area (Å²) in [7, 11) is 6.50. The van der Waals surface area contributed by atoms with Crippen molar-refractivity contribution in [1.82, 2.24) is 0 Å². The number of rotatable bonds is 8. The van der Waals surface area contributed by atoms with Gasteiger partial charge in [0.15, 0.2) is 5.79 Å². The molecule has 4 fully saturated rings. The molecule has 2 saturated heterocycles. The van der Waals surface area contributed by atoms with Crippen molar-refractivity contribution in [3.05, 3.63) is 29.8 Å². The highest BCUT2D eigenvalue weighted by molar-refractivity contribution is 5.94. The number of oxime groups is 1. The molecule has 0 N–H and O–H groups in total. The minimum atomic E-state index is -1.20. The van der Waals surface area contributed by atoms with Gasteiger partial charge in [0.2, 0.25) is 11.6 Å². The molecule has 1 aromatic carbocycles. The molecule has 2 saturated carbocycles. The van der Waals surface area contributed by atoms with Crippen LogP contribution in [0.3, 0.4) is 0 Å². The topological polar surface area (TPSA) is 105 Å². The van der Waals surface area contributed by atoms with E-state index in [4.69, 9.17) is 47.5 Å². The summed E-state index contributed by atoms with van der Waals surface area (Å²) in [5, 5.41) is 4.60. The predicted octanol–water partition coefficient (Wildman–Crippen LogP) is 2.89. The van der Waals surface area contributed by atoms with Gasteiger partial charge < -0.3 is 47.5 Å². The quantitative estimate of drug-likeness (QED) is 0.469. The first-order valence-corrected chi connectivity index (χ1v) is 13.9. The van der Waals surface area contributed by atoms with Crippen LogP contribution in [0.15, 0.2) is 29.4 Å². The van der Waals surface area contributed by atoms with Crippen molar-refractivity contribution in [3.63, 3.8) is 0 Å². The highest BCUT2D eigenvalue weighted by Gasteiger charge is 2.71. The fourth-order valence-electron chi connectivity index (χ4n) is 7.14. The van der Waals surface area contributed by atoms with Crippen LogP contribution in [0.1, 0.15) is 33.3 Å². The molecular formula is C29H41NO10. The number of hydrogen-bond donors (Lipinski definition) is 0. The smallest absolute Gasteiger partial charge is 0.220 e. The second-order valence-corrected chi connectivity index (χ2v) is 11.9. The number of methoxy groups -OCH3 is 4. The fourth-order valence-corrected chi connectivity index (χ4v) is 7.14. The van der Waals surface area contributed by atoms with Gasteiger partial charge in [-0.2, -0.15) is 0 Å².